The van der Waals surface area contributed by atoms with Crippen LogP contribution in [0.4, 0.5) is 0 Å². The number of carbonyl (C=O) groups excluding carboxylic acids is 2. The maximum Gasteiger partial charge on any atom is 0.251 e. The molecule has 0 saturated carbocycles. The standard InChI is InChI=1S/C17H23BrN2O4/c1-3-24-16-13(18)10-12(11-14(16)23-2)17(22)19-7-6-15(21)20-8-4-5-9-20/h10-11H,3-9H2,1-2H3,(H,19,22). The topological polar surface area (TPSA) is 67.9 Å². The lowest BCUT2D eigenvalue weighted by atomic mass is 10.2. The highest BCUT2D eigenvalue weighted by Crippen LogP contribution is 2.36. The van der Waals surface area contributed by atoms with E-state index in [1.807, 2.05) is 11.8 Å². The van der Waals surface area contributed by atoms with Crippen molar-refractivity contribution in [1.82, 2.24) is 10.2 Å². The van der Waals surface area contributed by atoms with Crippen LogP contribution in [0.5, 0.6) is 11.5 Å². The van der Waals surface area contributed by atoms with Crippen LogP contribution in [0.15, 0.2) is 16.6 Å². The molecule has 1 aliphatic rings. The average molecular weight is 399 g/mol. The van der Waals surface area contributed by atoms with Crippen molar-refractivity contribution < 1.29 is 19.1 Å². The predicted octanol–water partition coefficient (Wildman–Crippen LogP) is 2.60. The van der Waals surface area contributed by atoms with Gasteiger partial charge in [-0.1, -0.05) is 0 Å². The Kier molecular flexibility index (Phi) is 6.90. The Balaban J connectivity index is 1.94. The van der Waals surface area contributed by atoms with E-state index in [2.05, 4.69) is 21.2 Å². The highest BCUT2D eigenvalue weighted by Gasteiger charge is 2.18. The van der Waals surface area contributed by atoms with Gasteiger partial charge in [0.05, 0.1) is 18.2 Å². The smallest absolute Gasteiger partial charge is 0.251 e. The van der Waals surface area contributed by atoms with Gasteiger partial charge in [0.25, 0.3) is 5.91 Å². The average Bonchev–Trinajstić information content (AvgIpc) is 3.11. The van der Waals surface area contributed by atoms with Gasteiger partial charge >= 0.3 is 0 Å². The lowest BCUT2D eigenvalue weighted by molar-refractivity contribution is -0.129. The first-order valence-corrected chi connectivity index (χ1v) is 8.92. The Bertz CT molecular complexity index is 600. The molecule has 1 fully saturated rings. The summed E-state index contributed by atoms with van der Waals surface area (Å²) >= 11 is 3.40. The number of nitrogens with one attached hydrogen (secondary N) is 1. The highest BCUT2D eigenvalue weighted by atomic mass is 79.9. The third-order valence-electron chi connectivity index (χ3n) is 3.86. The van der Waals surface area contributed by atoms with E-state index >= 15 is 0 Å². The SMILES string of the molecule is CCOc1c(Br)cc(C(=O)NCCC(=O)N2CCCC2)cc1OC. The van der Waals surface area contributed by atoms with Gasteiger partial charge in [-0.25, -0.2) is 0 Å². The second-order valence-electron chi connectivity index (χ2n) is 5.52. The molecule has 1 heterocycles. The second kappa shape index (κ2) is 8.92. The fraction of sp³-hybridized carbons (Fsp3) is 0.529. The zero-order valence-electron chi connectivity index (χ0n) is 14.1. The summed E-state index contributed by atoms with van der Waals surface area (Å²) in [4.78, 5) is 26.1. The zero-order chi connectivity index (χ0) is 17.5. The molecule has 1 N–H and O–H groups in total. The molecule has 2 amide bonds. The van der Waals surface area contributed by atoms with Gasteiger partial charge < -0.3 is 19.7 Å². The summed E-state index contributed by atoms with van der Waals surface area (Å²) < 4.78 is 11.4. The van der Waals surface area contributed by atoms with Crippen molar-refractivity contribution in [3.05, 3.63) is 22.2 Å². The van der Waals surface area contributed by atoms with Gasteiger partial charge in [0.1, 0.15) is 0 Å². The summed E-state index contributed by atoms with van der Waals surface area (Å²) in [6.07, 6.45) is 2.46. The first kappa shape index (κ1) is 18.6. The van der Waals surface area contributed by atoms with Gasteiger partial charge in [0, 0.05) is 31.6 Å². The van der Waals surface area contributed by atoms with Crippen molar-refractivity contribution in [3.63, 3.8) is 0 Å². The van der Waals surface area contributed by atoms with E-state index in [4.69, 9.17) is 9.47 Å². The monoisotopic (exact) mass is 398 g/mol. The molecule has 6 nitrogen and oxygen atoms in total. The van der Waals surface area contributed by atoms with E-state index < -0.39 is 0 Å². The van der Waals surface area contributed by atoms with E-state index in [-0.39, 0.29) is 11.8 Å². The number of halogens is 1. The Morgan fingerprint density at radius 1 is 1.29 bits per heavy atom. The number of hydrogen-bond donors (Lipinski definition) is 1. The van der Waals surface area contributed by atoms with E-state index in [0.717, 1.165) is 25.9 Å². The van der Waals surface area contributed by atoms with E-state index in [0.29, 0.717) is 41.1 Å². The molecule has 1 aromatic rings. The molecule has 7 heteroatoms. The first-order chi connectivity index (χ1) is 11.6. The molecule has 24 heavy (non-hydrogen) atoms. The van der Waals surface area contributed by atoms with Crippen LogP contribution in [0.1, 0.15) is 36.5 Å². The lowest BCUT2D eigenvalue weighted by Crippen LogP contribution is -2.32. The summed E-state index contributed by atoms with van der Waals surface area (Å²) in [5.41, 5.74) is 0.454. The quantitative estimate of drug-likeness (QED) is 0.766. The molecular formula is C17H23BrN2O4. The van der Waals surface area contributed by atoms with Gasteiger partial charge in [0.15, 0.2) is 11.5 Å². The molecule has 0 radical (unpaired) electrons. The van der Waals surface area contributed by atoms with E-state index in [1.54, 1.807) is 12.1 Å². The number of benzene rings is 1. The minimum Gasteiger partial charge on any atom is -0.493 e. The molecule has 1 saturated heterocycles. The normalized spacial score (nSPS) is 13.7. The summed E-state index contributed by atoms with van der Waals surface area (Å²) in [6, 6.07) is 3.32. The van der Waals surface area contributed by atoms with Gasteiger partial charge in [-0.3, -0.25) is 9.59 Å². The lowest BCUT2D eigenvalue weighted by Gasteiger charge is -2.16. The molecular weight excluding hydrogens is 376 g/mol. The van der Waals surface area contributed by atoms with Gasteiger partial charge in [-0.2, -0.15) is 0 Å². The minimum absolute atomic E-state index is 0.0956. The maximum atomic E-state index is 12.3. The first-order valence-electron chi connectivity index (χ1n) is 8.13. The molecule has 0 spiro atoms. The van der Waals surface area contributed by atoms with Crippen LogP contribution >= 0.6 is 15.9 Å². The molecule has 0 aliphatic carbocycles. The van der Waals surface area contributed by atoms with Crippen molar-refractivity contribution in [2.45, 2.75) is 26.2 Å². The van der Waals surface area contributed by atoms with Crippen LogP contribution in [0, 0.1) is 0 Å². The van der Waals surface area contributed by atoms with Crippen molar-refractivity contribution in [2.24, 2.45) is 0 Å². The summed E-state index contributed by atoms with van der Waals surface area (Å²) in [7, 11) is 1.53. The van der Waals surface area contributed by atoms with Gasteiger partial charge in [-0.15, -0.1) is 0 Å². The predicted molar refractivity (Wildman–Crippen MR) is 94.6 cm³/mol. The minimum atomic E-state index is -0.244. The summed E-state index contributed by atoms with van der Waals surface area (Å²) in [6.45, 7) is 4.36. The van der Waals surface area contributed by atoms with Crippen LogP contribution in [0.2, 0.25) is 0 Å². The maximum absolute atomic E-state index is 12.3. The highest BCUT2D eigenvalue weighted by molar-refractivity contribution is 9.10. The molecule has 2 rings (SSSR count). The molecule has 132 valence electrons. The second-order valence-corrected chi connectivity index (χ2v) is 6.37. The van der Waals surface area contributed by atoms with Crippen molar-refractivity contribution >= 4 is 27.7 Å². The van der Waals surface area contributed by atoms with Crippen LogP contribution in [0.3, 0.4) is 0 Å². The molecule has 1 aromatic carbocycles. The third-order valence-corrected chi connectivity index (χ3v) is 4.45. The van der Waals surface area contributed by atoms with Crippen LogP contribution < -0.4 is 14.8 Å². The van der Waals surface area contributed by atoms with Crippen molar-refractivity contribution in [3.8, 4) is 11.5 Å². The van der Waals surface area contributed by atoms with Crippen LogP contribution in [-0.4, -0.2) is 50.1 Å². The number of nitrogens with zero attached hydrogens (tertiary/aromatic N) is 1. The summed E-state index contributed by atoms with van der Waals surface area (Å²) in [5, 5.41) is 2.78. The number of rotatable bonds is 7. The molecule has 0 bridgehead atoms. The number of methoxy groups -OCH3 is 1. The number of hydrogen-bond acceptors (Lipinski definition) is 4. The largest absolute Gasteiger partial charge is 0.493 e. The van der Waals surface area contributed by atoms with E-state index in [9.17, 15) is 9.59 Å². The Morgan fingerprint density at radius 3 is 2.62 bits per heavy atom. The number of likely N-dealkylation sites (tertiary alicyclic amines) is 1. The number of amides is 2. The Labute approximate surface area is 150 Å². The van der Waals surface area contributed by atoms with Gasteiger partial charge in [-0.05, 0) is 47.8 Å². The fourth-order valence-electron chi connectivity index (χ4n) is 2.65. The summed E-state index contributed by atoms with van der Waals surface area (Å²) in [5.74, 6) is 0.912. The Morgan fingerprint density at radius 2 is 2.00 bits per heavy atom. The fourth-order valence-corrected chi connectivity index (χ4v) is 3.20. The molecule has 1 aliphatic heterocycles. The van der Waals surface area contributed by atoms with Crippen molar-refractivity contribution in [2.75, 3.05) is 33.4 Å². The zero-order valence-corrected chi connectivity index (χ0v) is 15.6. The van der Waals surface area contributed by atoms with Gasteiger partial charge in [0.2, 0.25) is 5.91 Å². The van der Waals surface area contributed by atoms with E-state index in [1.165, 1.54) is 7.11 Å². The van der Waals surface area contributed by atoms with Crippen LogP contribution in [0.25, 0.3) is 0 Å². The number of carbonyl (C=O) groups is 2. The Hall–Kier alpha value is -1.76. The van der Waals surface area contributed by atoms with Crippen molar-refractivity contribution in [1.29, 1.82) is 0 Å². The van der Waals surface area contributed by atoms with Crippen LogP contribution in [-0.2, 0) is 4.79 Å². The number of ether oxygens (including phenoxy) is 2. The molecule has 0 aromatic heterocycles. The molecule has 0 atom stereocenters. The molecule has 0 unspecified atom stereocenters. The third kappa shape index (κ3) is 4.63.